The van der Waals surface area contributed by atoms with E-state index in [2.05, 4.69) is 0 Å². The van der Waals surface area contributed by atoms with Gasteiger partial charge >= 0.3 is 29.6 Å². The van der Waals surface area contributed by atoms with Crippen molar-refractivity contribution in [2.75, 3.05) is 0 Å². The molecule has 12 heavy (non-hydrogen) atoms. The summed E-state index contributed by atoms with van der Waals surface area (Å²) in [6.07, 6.45) is 0. The van der Waals surface area contributed by atoms with E-state index < -0.39 is 20.8 Å². The Hall–Kier alpha value is 0.0600. The first-order chi connectivity index (χ1) is 5.00. The van der Waals surface area contributed by atoms with Crippen LogP contribution >= 0.6 is 0 Å². The molecule has 0 amide bonds. The van der Waals surface area contributed by atoms with Gasteiger partial charge in [0.1, 0.15) is 15.9 Å². The average molecular weight is 198 g/mol. The summed E-state index contributed by atoms with van der Waals surface area (Å²) in [4.78, 5) is -0.544. The monoisotopic (exact) mass is 198 g/mol. The first-order valence-electron chi connectivity index (χ1n) is 2.71. The third kappa shape index (κ3) is 3.20. The third-order valence-corrected chi connectivity index (χ3v) is 1.92. The van der Waals surface area contributed by atoms with Gasteiger partial charge in [0.05, 0.1) is 4.90 Å². The molecule has 60 valence electrons. The molecule has 0 aliphatic carbocycles. The van der Waals surface area contributed by atoms with Gasteiger partial charge in [-0.1, -0.05) is 6.07 Å². The van der Waals surface area contributed by atoms with E-state index in [0.717, 1.165) is 12.1 Å². The Morgan fingerprint density at radius 1 is 1.33 bits per heavy atom. The van der Waals surface area contributed by atoms with Gasteiger partial charge in [0, 0.05) is 0 Å². The topological polar surface area (TPSA) is 57.2 Å². The summed E-state index contributed by atoms with van der Waals surface area (Å²) in [5, 5.41) is 0. The van der Waals surface area contributed by atoms with Gasteiger partial charge in [0.2, 0.25) is 0 Å². The van der Waals surface area contributed by atoms with Gasteiger partial charge in [-0.3, -0.25) is 0 Å². The van der Waals surface area contributed by atoms with Crippen LogP contribution in [0.3, 0.4) is 0 Å². The summed E-state index contributed by atoms with van der Waals surface area (Å²) >= 11 is 0. The predicted molar refractivity (Wildman–Crippen MR) is 34.4 cm³/mol. The zero-order chi connectivity index (χ0) is 8.48. The van der Waals surface area contributed by atoms with Crippen LogP contribution in [0.25, 0.3) is 0 Å². The minimum absolute atomic E-state index is 0. The smallest absolute Gasteiger partial charge is 0.744 e. The van der Waals surface area contributed by atoms with E-state index in [-0.39, 0.29) is 29.6 Å². The second-order valence-electron chi connectivity index (χ2n) is 1.91. The minimum atomic E-state index is -4.52. The van der Waals surface area contributed by atoms with E-state index in [1.54, 1.807) is 0 Å². The third-order valence-electron chi connectivity index (χ3n) is 1.08. The molecule has 1 rings (SSSR count). The molecular formula is C6H4FNaO3S. The minimum Gasteiger partial charge on any atom is -0.744 e. The second kappa shape index (κ2) is 4.34. The Labute approximate surface area is 91.6 Å². The van der Waals surface area contributed by atoms with Crippen LogP contribution in [0, 0.1) is 5.82 Å². The normalized spacial score (nSPS) is 10.5. The standard InChI is InChI=1S/C6H5FO3S.Na/c7-5-2-1-3-6(4-5)11(8,9)10;/h1-4H,(H,8,9,10);/q;+1/p-1. The Balaban J connectivity index is 0.00000121. The Kier molecular flexibility index (Phi) is 4.36. The van der Waals surface area contributed by atoms with Gasteiger partial charge in [-0.25, -0.2) is 12.8 Å². The number of rotatable bonds is 1. The van der Waals surface area contributed by atoms with Crippen LogP contribution in [0.5, 0.6) is 0 Å². The van der Waals surface area contributed by atoms with Crippen molar-refractivity contribution in [1.82, 2.24) is 0 Å². The summed E-state index contributed by atoms with van der Waals surface area (Å²) in [5.74, 6) is -0.734. The number of halogens is 1. The molecule has 0 saturated heterocycles. The molecule has 0 aromatic heterocycles. The van der Waals surface area contributed by atoms with Gasteiger partial charge in [-0.05, 0) is 18.2 Å². The van der Waals surface area contributed by atoms with Gasteiger partial charge in [0.25, 0.3) is 0 Å². The summed E-state index contributed by atoms with van der Waals surface area (Å²) in [6.45, 7) is 0. The van der Waals surface area contributed by atoms with Crippen molar-refractivity contribution in [1.29, 1.82) is 0 Å². The average Bonchev–Trinajstić information content (AvgIpc) is 1.86. The Bertz CT molecular complexity index is 363. The first kappa shape index (κ1) is 12.1. The molecular weight excluding hydrogens is 194 g/mol. The van der Waals surface area contributed by atoms with Gasteiger partial charge < -0.3 is 4.55 Å². The van der Waals surface area contributed by atoms with E-state index in [4.69, 9.17) is 0 Å². The Morgan fingerprint density at radius 2 is 1.92 bits per heavy atom. The van der Waals surface area contributed by atoms with Gasteiger partial charge in [0.15, 0.2) is 0 Å². The van der Waals surface area contributed by atoms with E-state index >= 15 is 0 Å². The molecule has 0 N–H and O–H groups in total. The molecule has 0 fully saturated rings. The fraction of sp³-hybridized carbons (Fsp3) is 0. The fourth-order valence-corrected chi connectivity index (χ4v) is 1.12. The number of hydrogen-bond donors (Lipinski definition) is 0. The van der Waals surface area contributed by atoms with E-state index in [1.165, 1.54) is 6.07 Å². The Morgan fingerprint density at radius 3 is 2.25 bits per heavy atom. The van der Waals surface area contributed by atoms with E-state index in [0.29, 0.717) is 6.07 Å². The van der Waals surface area contributed by atoms with Crippen molar-refractivity contribution < 1.29 is 46.9 Å². The van der Waals surface area contributed by atoms with Crippen LogP contribution in [-0.4, -0.2) is 13.0 Å². The largest absolute Gasteiger partial charge is 1.00 e. The molecule has 1 aromatic carbocycles. The molecule has 6 heteroatoms. The maximum atomic E-state index is 12.3. The maximum Gasteiger partial charge on any atom is 1.00 e. The molecule has 0 aliphatic rings. The number of hydrogen-bond acceptors (Lipinski definition) is 3. The van der Waals surface area contributed by atoms with Crippen LogP contribution < -0.4 is 29.6 Å². The van der Waals surface area contributed by atoms with E-state index in [1.807, 2.05) is 0 Å². The zero-order valence-corrected chi connectivity index (χ0v) is 9.14. The molecule has 0 unspecified atom stereocenters. The quantitative estimate of drug-likeness (QED) is 0.378. The molecule has 0 saturated carbocycles. The van der Waals surface area contributed by atoms with Crippen LogP contribution in [-0.2, 0) is 10.1 Å². The maximum absolute atomic E-state index is 12.3. The molecule has 0 spiro atoms. The summed E-state index contributed by atoms with van der Waals surface area (Å²) in [6, 6.07) is 3.96. The molecule has 0 heterocycles. The van der Waals surface area contributed by atoms with E-state index in [9.17, 15) is 17.4 Å². The first-order valence-corrected chi connectivity index (χ1v) is 4.12. The zero-order valence-electron chi connectivity index (χ0n) is 6.32. The van der Waals surface area contributed by atoms with Crippen LogP contribution in [0.15, 0.2) is 29.2 Å². The van der Waals surface area contributed by atoms with Crippen molar-refractivity contribution in [2.24, 2.45) is 0 Å². The predicted octanol–water partition coefficient (Wildman–Crippen LogP) is -2.27. The number of benzene rings is 1. The van der Waals surface area contributed by atoms with Crippen molar-refractivity contribution in [3.8, 4) is 0 Å². The van der Waals surface area contributed by atoms with Crippen molar-refractivity contribution >= 4 is 10.1 Å². The molecule has 0 atom stereocenters. The van der Waals surface area contributed by atoms with Gasteiger partial charge in [-0.15, -0.1) is 0 Å². The SMILES string of the molecule is O=S(=O)([O-])c1cccc(F)c1.[Na+]. The molecule has 0 bridgehead atoms. The van der Waals surface area contributed by atoms with Crippen molar-refractivity contribution in [3.05, 3.63) is 30.1 Å². The van der Waals surface area contributed by atoms with Crippen LogP contribution in [0.4, 0.5) is 4.39 Å². The van der Waals surface area contributed by atoms with Gasteiger partial charge in [-0.2, -0.15) is 0 Å². The summed E-state index contributed by atoms with van der Waals surface area (Å²) < 4.78 is 43.1. The van der Waals surface area contributed by atoms with Crippen molar-refractivity contribution in [2.45, 2.75) is 4.90 Å². The summed E-state index contributed by atoms with van der Waals surface area (Å²) in [5.41, 5.74) is 0. The molecule has 0 aliphatic heterocycles. The molecule has 0 radical (unpaired) electrons. The summed E-state index contributed by atoms with van der Waals surface area (Å²) in [7, 11) is -4.52. The molecule has 1 aromatic rings. The molecule has 3 nitrogen and oxygen atoms in total. The van der Waals surface area contributed by atoms with Crippen molar-refractivity contribution in [3.63, 3.8) is 0 Å². The van der Waals surface area contributed by atoms with Crippen LogP contribution in [0.1, 0.15) is 0 Å². The second-order valence-corrected chi connectivity index (χ2v) is 3.29. The fourth-order valence-electron chi connectivity index (χ4n) is 0.623. The van der Waals surface area contributed by atoms with Crippen LogP contribution in [0.2, 0.25) is 0 Å².